The standard InChI is InChI=1S/C33H32ClN3O6/c1-19-5-6-21(15-29(19)42-4)18-35-30(38)27-16-23(13-14-33(27,3)34)28-12-11-25(43-28)17-26-20(2)36-37(31(26)39)24-9-7-22(8-10-24)32(40)41/h6-13,15-17,19H,5,14,18H2,1-4H3,(H,35,38)(H,40,41)/b26-17-. The van der Waals surface area contributed by atoms with E-state index in [0.717, 1.165) is 17.8 Å². The highest BCUT2D eigenvalue weighted by Gasteiger charge is 2.34. The van der Waals surface area contributed by atoms with Gasteiger partial charge in [-0.3, -0.25) is 9.59 Å². The van der Waals surface area contributed by atoms with E-state index in [9.17, 15) is 14.4 Å². The fourth-order valence-corrected chi connectivity index (χ4v) is 5.29. The van der Waals surface area contributed by atoms with Gasteiger partial charge in [-0.2, -0.15) is 10.1 Å². The van der Waals surface area contributed by atoms with Gasteiger partial charge >= 0.3 is 5.97 Å². The number of nitrogens with one attached hydrogen (secondary N) is 1. The summed E-state index contributed by atoms with van der Waals surface area (Å²) in [6, 6.07) is 9.43. The molecule has 2 aromatic rings. The van der Waals surface area contributed by atoms with Crippen LogP contribution in [0.4, 0.5) is 5.69 Å². The van der Waals surface area contributed by atoms with Crippen molar-refractivity contribution >= 4 is 52.4 Å². The Balaban J connectivity index is 1.30. The highest BCUT2D eigenvalue weighted by Crippen LogP contribution is 2.38. The average molecular weight is 602 g/mol. The summed E-state index contributed by atoms with van der Waals surface area (Å²) >= 11 is 6.77. The number of halogens is 1. The number of alkyl halides is 1. The fraction of sp³-hybridized carbons (Fsp3) is 0.273. The van der Waals surface area contributed by atoms with Crippen LogP contribution in [0.15, 0.2) is 92.7 Å². The maximum Gasteiger partial charge on any atom is 0.335 e. The maximum absolute atomic E-state index is 13.3. The predicted molar refractivity (Wildman–Crippen MR) is 166 cm³/mol. The number of hydrogen-bond donors (Lipinski definition) is 2. The van der Waals surface area contributed by atoms with E-state index in [-0.39, 0.29) is 17.4 Å². The second-order valence-corrected chi connectivity index (χ2v) is 11.7. The highest BCUT2D eigenvalue weighted by atomic mass is 35.5. The smallest absolute Gasteiger partial charge is 0.335 e. The zero-order valence-corrected chi connectivity index (χ0v) is 25.1. The van der Waals surface area contributed by atoms with Gasteiger partial charge in [-0.25, -0.2) is 4.79 Å². The molecule has 10 heteroatoms. The van der Waals surface area contributed by atoms with E-state index in [4.69, 9.17) is 25.9 Å². The molecule has 0 bridgehead atoms. The van der Waals surface area contributed by atoms with Crippen molar-refractivity contribution in [2.45, 2.75) is 38.5 Å². The van der Waals surface area contributed by atoms with Crippen molar-refractivity contribution in [3.63, 3.8) is 0 Å². The number of methoxy groups -OCH3 is 1. The van der Waals surface area contributed by atoms with Crippen LogP contribution in [0.1, 0.15) is 55.5 Å². The molecule has 0 saturated carbocycles. The molecule has 5 rings (SSSR count). The number of furan rings is 1. The van der Waals surface area contributed by atoms with Crippen molar-refractivity contribution in [2.24, 2.45) is 11.0 Å². The minimum absolute atomic E-state index is 0.116. The number of hydrogen-bond acceptors (Lipinski definition) is 6. The third kappa shape index (κ3) is 6.27. The summed E-state index contributed by atoms with van der Waals surface area (Å²) in [4.78, 5) is 36.7. The van der Waals surface area contributed by atoms with Crippen LogP contribution in [-0.4, -0.2) is 47.1 Å². The monoisotopic (exact) mass is 601 g/mol. The van der Waals surface area contributed by atoms with E-state index in [1.807, 2.05) is 19.1 Å². The lowest BCUT2D eigenvalue weighted by Gasteiger charge is -2.27. The van der Waals surface area contributed by atoms with Crippen LogP contribution in [0, 0.1) is 5.92 Å². The number of anilines is 1. The number of hydrazone groups is 1. The van der Waals surface area contributed by atoms with Crippen LogP contribution < -0.4 is 10.3 Å². The van der Waals surface area contributed by atoms with Gasteiger partial charge < -0.3 is 19.6 Å². The van der Waals surface area contributed by atoms with Crippen molar-refractivity contribution in [1.82, 2.24) is 5.32 Å². The highest BCUT2D eigenvalue weighted by molar-refractivity contribution is 6.32. The second-order valence-electron chi connectivity index (χ2n) is 10.9. The van der Waals surface area contributed by atoms with E-state index in [1.54, 1.807) is 38.3 Å². The summed E-state index contributed by atoms with van der Waals surface area (Å²) in [6.07, 6.45) is 10.6. The van der Waals surface area contributed by atoms with Crippen LogP contribution in [0.25, 0.3) is 11.6 Å². The van der Waals surface area contributed by atoms with Crippen molar-refractivity contribution in [3.8, 4) is 0 Å². The molecular formula is C33H32ClN3O6. The summed E-state index contributed by atoms with van der Waals surface area (Å²) in [6.45, 7) is 5.98. The Morgan fingerprint density at radius 2 is 1.95 bits per heavy atom. The Labute approximate surface area is 254 Å². The summed E-state index contributed by atoms with van der Waals surface area (Å²) in [5.74, 6) is 0.493. The number of aromatic carboxylic acids is 1. The molecule has 43 heavy (non-hydrogen) atoms. The molecule has 2 aliphatic carbocycles. The topological polar surface area (TPSA) is 121 Å². The molecule has 2 amide bonds. The Morgan fingerprint density at radius 1 is 1.21 bits per heavy atom. The molecule has 0 fully saturated rings. The van der Waals surface area contributed by atoms with Crippen molar-refractivity contribution in [3.05, 3.63) is 100 Å². The Bertz CT molecular complexity index is 1670. The molecule has 2 atom stereocenters. The molecule has 1 aliphatic heterocycles. The molecule has 222 valence electrons. The van der Waals surface area contributed by atoms with Crippen molar-refractivity contribution in [2.75, 3.05) is 18.7 Å². The number of rotatable bonds is 8. The van der Waals surface area contributed by atoms with Crippen LogP contribution in [0.5, 0.6) is 0 Å². The van der Waals surface area contributed by atoms with Crippen LogP contribution in [-0.2, 0) is 14.3 Å². The summed E-state index contributed by atoms with van der Waals surface area (Å²) in [7, 11) is 1.65. The minimum Gasteiger partial charge on any atom is -0.501 e. The zero-order chi connectivity index (χ0) is 30.9. The first kappa shape index (κ1) is 29.8. The van der Waals surface area contributed by atoms with E-state index in [0.29, 0.717) is 58.5 Å². The van der Waals surface area contributed by atoms with Gasteiger partial charge in [0.25, 0.3) is 5.91 Å². The molecule has 9 nitrogen and oxygen atoms in total. The number of nitrogens with zero attached hydrogens (tertiary/aromatic N) is 2. The van der Waals surface area contributed by atoms with Crippen LogP contribution in [0.2, 0.25) is 0 Å². The number of carboxylic acid groups (broad SMARTS) is 1. The summed E-state index contributed by atoms with van der Waals surface area (Å²) < 4.78 is 11.5. The van der Waals surface area contributed by atoms with Gasteiger partial charge in [0.15, 0.2) is 0 Å². The zero-order valence-electron chi connectivity index (χ0n) is 24.3. The van der Waals surface area contributed by atoms with Gasteiger partial charge in [0.05, 0.1) is 40.3 Å². The largest absolute Gasteiger partial charge is 0.501 e. The molecule has 2 unspecified atom stereocenters. The minimum atomic E-state index is -1.05. The van der Waals surface area contributed by atoms with Gasteiger partial charge in [0.1, 0.15) is 11.5 Å². The summed E-state index contributed by atoms with van der Waals surface area (Å²) in [5, 5.41) is 17.7. The number of carbonyl (C=O) groups excluding carboxylic acids is 2. The number of ether oxygens (including phenoxy) is 1. The molecule has 1 aromatic heterocycles. The SMILES string of the molecule is COC1=CC(CNC(=O)C2=CC(c3ccc(/C=C4\C(=O)N(c5ccc(C(=O)O)cc5)N=C4C)o3)=CCC2(C)Cl)=CCC1C. The van der Waals surface area contributed by atoms with Crippen molar-refractivity contribution in [1.29, 1.82) is 0 Å². The Hall–Kier alpha value is -4.63. The van der Waals surface area contributed by atoms with E-state index in [1.165, 1.54) is 29.3 Å². The number of amides is 2. The predicted octanol–water partition coefficient (Wildman–Crippen LogP) is 6.11. The average Bonchev–Trinajstić information content (AvgIpc) is 3.56. The normalized spacial score (nSPS) is 22.9. The molecule has 0 saturated heterocycles. The first-order chi connectivity index (χ1) is 20.5. The van der Waals surface area contributed by atoms with E-state index in [2.05, 4.69) is 23.4 Å². The Morgan fingerprint density at radius 3 is 2.65 bits per heavy atom. The second kappa shape index (κ2) is 11.9. The molecule has 1 aromatic carbocycles. The molecule has 3 aliphatic rings. The van der Waals surface area contributed by atoms with Gasteiger partial charge in [-0.1, -0.05) is 19.1 Å². The maximum atomic E-state index is 13.3. The summed E-state index contributed by atoms with van der Waals surface area (Å²) in [5.41, 5.74) is 3.54. The molecule has 2 N–H and O–H groups in total. The van der Waals surface area contributed by atoms with Gasteiger partial charge in [0.2, 0.25) is 5.91 Å². The lowest BCUT2D eigenvalue weighted by molar-refractivity contribution is -0.117. The van der Waals surface area contributed by atoms with Gasteiger partial charge in [-0.05, 0) is 86.9 Å². The third-order valence-electron chi connectivity index (χ3n) is 7.67. The molecule has 0 spiro atoms. The number of benzene rings is 1. The van der Waals surface area contributed by atoms with Crippen LogP contribution >= 0.6 is 11.6 Å². The van der Waals surface area contributed by atoms with E-state index < -0.39 is 10.8 Å². The van der Waals surface area contributed by atoms with Gasteiger partial charge in [0, 0.05) is 23.6 Å². The first-order valence-electron chi connectivity index (χ1n) is 13.9. The fourth-order valence-electron chi connectivity index (χ4n) is 5.07. The van der Waals surface area contributed by atoms with Crippen molar-refractivity contribution < 1.29 is 28.6 Å². The quantitative estimate of drug-likeness (QED) is 0.278. The van der Waals surface area contributed by atoms with Gasteiger partial charge in [-0.15, -0.1) is 11.6 Å². The molecular weight excluding hydrogens is 570 g/mol. The third-order valence-corrected chi connectivity index (χ3v) is 8.02. The lowest BCUT2D eigenvalue weighted by Crippen LogP contribution is -2.36. The number of carboxylic acids is 1. The number of carbonyl (C=O) groups is 3. The Kier molecular flexibility index (Phi) is 8.28. The first-order valence-corrected chi connectivity index (χ1v) is 14.2. The molecule has 0 radical (unpaired) electrons. The molecule has 2 heterocycles. The lowest BCUT2D eigenvalue weighted by atomic mass is 9.87. The van der Waals surface area contributed by atoms with E-state index >= 15 is 0 Å². The number of allylic oxidation sites excluding steroid dienone is 5. The van der Waals surface area contributed by atoms with Crippen LogP contribution in [0.3, 0.4) is 0 Å².